The number of carbonyl (C=O) groups excluding carboxylic acids is 1. The molecule has 5 nitrogen and oxygen atoms in total. The lowest BCUT2D eigenvalue weighted by Crippen LogP contribution is -2.13. The van der Waals surface area contributed by atoms with Gasteiger partial charge in [-0.15, -0.1) is 0 Å². The average molecular weight is 383 g/mol. The first-order chi connectivity index (χ1) is 13.7. The Balaban J connectivity index is 1.65. The molecule has 0 atom stereocenters. The van der Waals surface area contributed by atoms with Gasteiger partial charge in [-0.2, -0.15) is 0 Å². The highest BCUT2D eigenvalue weighted by atomic mass is 16.5. The highest BCUT2D eigenvalue weighted by Crippen LogP contribution is 2.33. The minimum absolute atomic E-state index is 0.136. The second kappa shape index (κ2) is 10.1. The van der Waals surface area contributed by atoms with Crippen LogP contribution in [-0.2, 0) is 4.74 Å². The van der Waals surface area contributed by atoms with E-state index in [1.807, 2.05) is 12.1 Å². The zero-order valence-corrected chi connectivity index (χ0v) is 16.7. The molecular weight excluding hydrogens is 354 g/mol. The molecule has 1 N–H and O–H groups in total. The van der Waals surface area contributed by atoms with Gasteiger partial charge < -0.3 is 19.5 Å². The van der Waals surface area contributed by atoms with Crippen molar-refractivity contribution in [2.75, 3.05) is 32.8 Å². The normalized spacial score (nSPS) is 14.5. The van der Waals surface area contributed by atoms with Crippen LogP contribution in [0, 0.1) is 0 Å². The molecule has 1 fully saturated rings. The maximum atomic E-state index is 12.6. The topological polar surface area (TPSA) is 56.8 Å². The van der Waals surface area contributed by atoms with Crippen molar-refractivity contribution in [3.8, 4) is 11.5 Å². The van der Waals surface area contributed by atoms with Gasteiger partial charge in [0.2, 0.25) is 0 Å². The van der Waals surface area contributed by atoms with Crippen molar-refractivity contribution in [2.24, 2.45) is 0 Å². The van der Waals surface area contributed by atoms with Gasteiger partial charge in [0.05, 0.1) is 13.7 Å². The van der Waals surface area contributed by atoms with Crippen molar-refractivity contribution < 1.29 is 19.0 Å². The third-order valence-corrected chi connectivity index (χ3v) is 5.22. The van der Waals surface area contributed by atoms with Gasteiger partial charge in [-0.25, -0.2) is 0 Å². The molecule has 1 aliphatic rings. The van der Waals surface area contributed by atoms with Crippen LogP contribution in [0.15, 0.2) is 42.5 Å². The smallest absolute Gasteiger partial charge is 0.255 e. The molecule has 0 spiro atoms. The van der Waals surface area contributed by atoms with Crippen LogP contribution < -0.4 is 14.8 Å². The summed E-state index contributed by atoms with van der Waals surface area (Å²) in [5.41, 5.74) is 2.65. The van der Waals surface area contributed by atoms with Gasteiger partial charge in [-0.1, -0.05) is 31.4 Å². The standard InChI is InChI=1S/C23H29NO4/c1-26-14-15-28-22-16-20(12-13-21(22)27-2)24-23(25)19-10-8-18(9-11-19)17-6-4-3-5-7-17/h8-13,16-17H,3-7,14-15H2,1-2H3,(H,24,25). The summed E-state index contributed by atoms with van der Waals surface area (Å²) in [7, 11) is 3.21. The molecule has 5 heteroatoms. The Morgan fingerprint density at radius 3 is 2.39 bits per heavy atom. The summed E-state index contributed by atoms with van der Waals surface area (Å²) in [6.45, 7) is 0.889. The SMILES string of the molecule is COCCOc1cc(NC(=O)c2ccc(C3CCCCC3)cc2)ccc1OC. The quantitative estimate of drug-likeness (QED) is 0.650. The number of carbonyl (C=O) groups is 1. The molecule has 2 aromatic rings. The lowest BCUT2D eigenvalue weighted by Gasteiger charge is -2.22. The van der Waals surface area contributed by atoms with Crippen molar-refractivity contribution >= 4 is 11.6 Å². The number of rotatable bonds is 8. The van der Waals surface area contributed by atoms with Gasteiger partial charge in [0.25, 0.3) is 5.91 Å². The zero-order valence-electron chi connectivity index (χ0n) is 16.7. The summed E-state index contributed by atoms with van der Waals surface area (Å²) in [5.74, 6) is 1.69. The van der Waals surface area contributed by atoms with E-state index in [0.717, 1.165) is 0 Å². The van der Waals surface area contributed by atoms with Gasteiger partial charge >= 0.3 is 0 Å². The Labute approximate surface area is 167 Å². The summed E-state index contributed by atoms with van der Waals surface area (Å²) in [4.78, 5) is 12.6. The van der Waals surface area contributed by atoms with Crippen molar-refractivity contribution in [2.45, 2.75) is 38.0 Å². The van der Waals surface area contributed by atoms with Gasteiger partial charge in [-0.05, 0) is 48.6 Å². The van der Waals surface area contributed by atoms with Crippen LogP contribution in [0.5, 0.6) is 11.5 Å². The number of anilines is 1. The molecule has 0 aromatic heterocycles. The largest absolute Gasteiger partial charge is 0.493 e. The zero-order chi connectivity index (χ0) is 19.8. The molecule has 28 heavy (non-hydrogen) atoms. The number of hydrogen-bond donors (Lipinski definition) is 1. The first-order valence-electron chi connectivity index (χ1n) is 9.92. The lowest BCUT2D eigenvalue weighted by atomic mass is 9.84. The van der Waals surface area contributed by atoms with E-state index in [-0.39, 0.29) is 5.91 Å². The fourth-order valence-corrected chi connectivity index (χ4v) is 3.65. The average Bonchev–Trinajstić information content (AvgIpc) is 2.75. The van der Waals surface area contributed by atoms with E-state index in [1.165, 1.54) is 37.7 Å². The van der Waals surface area contributed by atoms with Crippen LogP contribution >= 0.6 is 0 Å². The molecule has 1 aliphatic carbocycles. The van der Waals surface area contributed by atoms with Gasteiger partial charge in [-0.3, -0.25) is 4.79 Å². The van der Waals surface area contributed by atoms with E-state index in [2.05, 4.69) is 17.4 Å². The van der Waals surface area contributed by atoms with E-state index < -0.39 is 0 Å². The van der Waals surface area contributed by atoms with Crippen molar-refractivity contribution in [1.82, 2.24) is 0 Å². The van der Waals surface area contributed by atoms with E-state index >= 15 is 0 Å². The predicted molar refractivity (Wildman–Crippen MR) is 111 cm³/mol. The number of benzene rings is 2. The van der Waals surface area contributed by atoms with Crippen LogP contribution in [-0.4, -0.2) is 33.3 Å². The van der Waals surface area contributed by atoms with Gasteiger partial charge in [0, 0.05) is 24.4 Å². The number of amides is 1. The van der Waals surface area contributed by atoms with E-state index in [1.54, 1.807) is 32.4 Å². The number of nitrogens with one attached hydrogen (secondary N) is 1. The molecule has 0 unspecified atom stereocenters. The van der Waals surface area contributed by atoms with E-state index in [4.69, 9.17) is 14.2 Å². The maximum absolute atomic E-state index is 12.6. The summed E-state index contributed by atoms with van der Waals surface area (Å²) in [5, 5.41) is 2.93. The number of ether oxygens (including phenoxy) is 3. The van der Waals surface area contributed by atoms with Crippen LogP contribution in [0.4, 0.5) is 5.69 Å². The van der Waals surface area contributed by atoms with Crippen LogP contribution in [0.3, 0.4) is 0 Å². The second-order valence-electron chi connectivity index (χ2n) is 7.12. The highest BCUT2D eigenvalue weighted by molar-refractivity contribution is 6.04. The molecule has 0 aliphatic heterocycles. The third-order valence-electron chi connectivity index (χ3n) is 5.22. The summed E-state index contributed by atoms with van der Waals surface area (Å²) in [6.07, 6.45) is 6.46. The van der Waals surface area contributed by atoms with Gasteiger partial charge in [0.15, 0.2) is 11.5 Å². The highest BCUT2D eigenvalue weighted by Gasteiger charge is 2.16. The molecule has 0 heterocycles. The van der Waals surface area contributed by atoms with Crippen LogP contribution in [0.25, 0.3) is 0 Å². The Morgan fingerprint density at radius 2 is 1.71 bits per heavy atom. The number of hydrogen-bond acceptors (Lipinski definition) is 4. The van der Waals surface area contributed by atoms with Crippen molar-refractivity contribution in [3.63, 3.8) is 0 Å². The number of methoxy groups -OCH3 is 2. The first kappa shape index (κ1) is 20.2. The third kappa shape index (κ3) is 5.26. The molecule has 0 bridgehead atoms. The predicted octanol–water partition coefficient (Wildman–Crippen LogP) is 5.02. The molecule has 3 rings (SSSR count). The monoisotopic (exact) mass is 383 g/mol. The molecule has 1 amide bonds. The maximum Gasteiger partial charge on any atom is 0.255 e. The molecule has 150 valence electrons. The minimum Gasteiger partial charge on any atom is -0.493 e. The second-order valence-corrected chi connectivity index (χ2v) is 7.12. The Morgan fingerprint density at radius 1 is 0.964 bits per heavy atom. The van der Waals surface area contributed by atoms with Crippen LogP contribution in [0.1, 0.15) is 53.9 Å². The molecule has 0 saturated heterocycles. The first-order valence-corrected chi connectivity index (χ1v) is 9.92. The lowest BCUT2D eigenvalue weighted by molar-refractivity contribution is 0.102. The molecular formula is C23H29NO4. The fraction of sp³-hybridized carbons (Fsp3) is 0.435. The Hall–Kier alpha value is -2.53. The summed E-state index contributed by atoms with van der Waals surface area (Å²) < 4.78 is 16.0. The van der Waals surface area contributed by atoms with Crippen molar-refractivity contribution in [3.05, 3.63) is 53.6 Å². The Bertz CT molecular complexity index is 767. The molecule has 2 aromatic carbocycles. The molecule has 1 saturated carbocycles. The van der Waals surface area contributed by atoms with Crippen molar-refractivity contribution in [1.29, 1.82) is 0 Å². The fourth-order valence-electron chi connectivity index (χ4n) is 3.65. The van der Waals surface area contributed by atoms with E-state index in [0.29, 0.717) is 41.9 Å². The summed E-state index contributed by atoms with van der Waals surface area (Å²) in [6, 6.07) is 13.4. The van der Waals surface area contributed by atoms with Crippen LogP contribution in [0.2, 0.25) is 0 Å². The summed E-state index contributed by atoms with van der Waals surface area (Å²) >= 11 is 0. The van der Waals surface area contributed by atoms with E-state index in [9.17, 15) is 4.79 Å². The van der Waals surface area contributed by atoms with Gasteiger partial charge in [0.1, 0.15) is 6.61 Å². The minimum atomic E-state index is -0.136. The Kier molecular flexibility index (Phi) is 7.31. The molecule has 0 radical (unpaired) electrons.